The minimum atomic E-state index is 0. The summed E-state index contributed by atoms with van der Waals surface area (Å²) in [5, 5.41) is 11.0. The summed E-state index contributed by atoms with van der Waals surface area (Å²) in [5.74, 6) is 0. The maximum absolute atomic E-state index is 2.38. The van der Waals surface area contributed by atoms with Gasteiger partial charge in [-0.15, -0.1) is 69.1 Å². The predicted octanol–water partition coefficient (Wildman–Crippen LogP) is 8.42. The molecular formula is C50H44Cl2SiZr-2. The van der Waals surface area contributed by atoms with Crippen molar-refractivity contribution in [3.05, 3.63) is 155 Å². The molecule has 0 radical (unpaired) electrons. The smallest absolute Gasteiger partial charge is 1.00 e. The Morgan fingerprint density at radius 3 is 1.20 bits per heavy atom. The molecule has 8 aromatic carbocycles. The van der Waals surface area contributed by atoms with Gasteiger partial charge in [0.25, 0.3) is 0 Å². The Balaban J connectivity index is 0.000000162. The predicted molar refractivity (Wildman–Crippen MR) is 228 cm³/mol. The molecule has 0 saturated heterocycles. The molecule has 0 unspecified atom stereocenters. The summed E-state index contributed by atoms with van der Waals surface area (Å²) in [7, 11) is 0. The van der Waals surface area contributed by atoms with E-state index in [4.69, 9.17) is 0 Å². The fraction of sp³-hybridized carbons (Fsp3) is 0.160. The molecule has 0 nitrogen and oxygen atoms in total. The zero-order chi connectivity index (χ0) is 35.8. The van der Waals surface area contributed by atoms with Gasteiger partial charge in [0.05, 0.1) is 0 Å². The minimum Gasteiger partial charge on any atom is -1.00 e. The molecule has 0 aliphatic heterocycles. The second kappa shape index (κ2) is 17.3. The molecule has 0 N–H and O–H groups in total. The van der Waals surface area contributed by atoms with E-state index >= 15 is 0 Å². The van der Waals surface area contributed by atoms with Gasteiger partial charge in [-0.1, -0.05) is 135 Å². The molecule has 2 aliphatic carbocycles. The second-order valence-electron chi connectivity index (χ2n) is 14.5. The van der Waals surface area contributed by atoms with Crippen LogP contribution in [0.15, 0.2) is 121 Å². The van der Waals surface area contributed by atoms with Crippen LogP contribution in [0.5, 0.6) is 0 Å². The first-order valence-corrected chi connectivity index (χ1v) is 25.0. The van der Waals surface area contributed by atoms with Crippen molar-refractivity contribution >= 4 is 72.8 Å². The molecule has 0 fully saturated rings. The molecule has 10 rings (SSSR count). The van der Waals surface area contributed by atoms with Crippen LogP contribution in [-0.2, 0) is 36.2 Å². The van der Waals surface area contributed by atoms with Gasteiger partial charge in [-0.3, -0.25) is 0 Å². The number of hydrogen-bond donors (Lipinski definition) is 0. The number of fused-ring (bicyclic) bond motifs is 2. The summed E-state index contributed by atoms with van der Waals surface area (Å²) in [5.41, 5.74) is 13.9. The first-order valence-electron chi connectivity index (χ1n) is 18.8. The van der Waals surface area contributed by atoms with Crippen molar-refractivity contribution in [3.8, 4) is 22.3 Å². The molecule has 0 amide bonds. The Morgan fingerprint density at radius 2 is 0.815 bits per heavy atom. The quantitative estimate of drug-likeness (QED) is 0.117. The number of halogens is 2. The number of rotatable bonds is 6. The van der Waals surface area contributed by atoms with E-state index < -0.39 is 0 Å². The van der Waals surface area contributed by atoms with Crippen molar-refractivity contribution in [2.75, 3.05) is 0 Å². The third-order valence-corrected chi connectivity index (χ3v) is 10.4. The van der Waals surface area contributed by atoms with Gasteiger partial charge in [0.1, 0.15) is 0 Å². The number of hydrogen-bond acceptors (Lipinski definition) is 0. The van der Waals surface area contributed by atoms with E-state index in [1.807, 2.05) is 0 Å². The van der Waals surface area contributed by atoms with Crippen LogP contribution in [0.25, 0.3) is 89.6 Å². The first-order chi connectivity index (χ1) is 25.4. The molecule has 2 aliphatic rings. The van der Waals surface area contributed by atoms with E-state index in [0.717, 1.165) is 12.8 Å². The summed E-state index contributed by atoms with van der Waals surface area (Å²) < 4.78 is 0. The van der Waals surface area contributed by atoms with Crippen molar-refractivity contribution in [3.63, 3.8) is 0 Å². The molecule has 54 heavy (non-hydrogen) atoms. The number of benzene rings is 6. The third-order valence-electron chi connectivity index (χ3n) is 10.4. The van der Waals surface area contributed by atoms with E-state index in [9.17, 15) is 0 Å². The van der Waals surface area contributed by atoms with Crippen molar-refractivity contribution in [1.29, 1.82) is 0 Å². The number of aryl methyl sites for hydroxylation is 2. The molecule has 0 atom stereocenters. The van der Waals surface area contributed by atoms with Crippen LogP contribution in [0.1, 0.15) is 60.1 Å². The molecule has 0 aromatic heterocycles. The van der Waals surface area contributed by atoms with Gasteiger partial charge >= 0.3 is 41.9 Å². The van der Waals surface area contributed by atoms with Crippen molar-refractivity contribution in [1.82, 2.24) is 0 Å². The van der Waals surface area contributed by atoms with Crippen LogP contribution >= 0.6 is 0 Å². The summed E-state index contributed by atoms with van der Waals surface area (Å²) >= 11 is 1.74. The van der Waals surface area contributed by atoms with Crippen LogP contribution in [0.2, 0.25) is 13.1 Å². The third kappa shape index (κ3) is 7.69. The zero-order valence-corrected chi connectivity index (χ0v) is 36.4. The summed E-state index contributed by atoms with van der Waals surface area (Å²) in [6, 6.07) is 45.3. The maximum Gasteiger partial charge on any atom is -1.00 e. The normalized spacial score (nSPS) is 11.7. The monoisotopic (exact) mass is 832 g/mol. The molecule has 268 valence electrons. The van der Waals surface area contributed by atoms with Crippen LogP contribution in [0, 0.1) is 0 Å². The van der Waals surface area contributed by atoms with Gasteiger partial charge in [-0.2, -0.15) is 12.1 Å². The standard InChI is InChI=1S/2C24H19.C2H6Si.2ClH.Zr/c2*1-2-5-16-14-19-7-4-8-20(23(19)15-16)21-13-12-18-11-10-17-6-3-9-22(21)24(17)18;1-3-2;;;/h2*3-4,6-15H,2,5H2,1H3;1-2H3;2*1H;/q2*-1;;;;+2/p-2. The van der Waals surface area contributed by atoms with E-state index in [1.165, 1.54) is 112 Å². The van der Waals surface area contributed by atoms with Crippen molar-refractivity contribution < 1.29 is 48.1 Å². The van der Waals surface area contributed by atoms with Crippen LogP contribution in [-0.4, -0.2) is 5.43 Å². The van der Waals surface area contributed by atoms with E-state index in [1.54, 1.807) is 23.3 Å². The van der Waals surface area contributed by atoms with E-state index in [2.05, 4.69) is 173 Å². The van der Waals surface area contributed by atoms with Crippen LogP contribution in [0.4, 0.5) is 0 Å². The molecule has 8 aromatic rings. The summed E-state index contributed by atoms with van der Waals surface area (Å²) in [4.78, 5) is 0. The van der Waals surface area contributed by atoms with Gasteiger partial charge in [-0.25, -0.2) is 0 Å². The van der Waals surface area contributed by atoms with Gasteiger partial charge in [0.2, 0.25) is 0 Å². The van der Waals surface area contributed by atoms with Crippen LogP contribution < -0.4 is 24.8 Å². The van der Waals surface area contributed by atoms with Gasteiger partial charge < -0.3 is 24.8 Å². The average molecular weight is 835 g/mol. The Morgan fingerprint density at radius 1 is 0.463 bits per heavy atom. The zero-order valence-electron chi connectivity index (χ0n) is 31.4. The first kappa shape index (κ1) is 39.9. The van der Waals surface area contributed by atoms with Gasteiger partial charge in [0, 0.05) is 0 Å². The summed E-state index contributed by atoms with van der Waals surface area (Å²) in [6.45, 7) is 9.11. The van der Waals surface area contributed by atoms with Gasteiger partial charge in [0.15, 0.2) is 0 Å². The fourth-order valence-electron chi connectivity index (χ4n) is 8.24. The molecule has 0 heterocycles. The van der Waals surface area contributed by atoms with E-state index in [-0.39, 0.29) is 30.2 Å². The molecule has 0 spiro atoms. The SMILES string of the molecule is CCCc1cc2c(-c3ccc4c5c(cccc35)C=C4)cccc2[cH-]1.CCCc1cc2c(-c3ccc4c5c(cccc35)C=C4)cccc2[cH-]1.C[Si](C)=[Zr+2].[Cl-].[Cl-]. The Bertz CT molecular complexity index is 2490. The summed E-state index contributed by atoms with van der Waals surface area (Å²) in [6.07, 6.45) is 13.6. The van der Waals surface area contributed by atoms with Gasteiger partial charge in [-0.05, 0) is 67.8 Å². The Labute approximate surface area is 347 Å². The molecule has 0 bridgehead atoms. The fourth-order valence-corrected chi connectivity index (χ4v) is 8.24. The second-order valence-corrected chi connectivity index (χ2v) is 23.8. The Kier molecular flexibility index (Phi) is 12.8. The van der Waals surface area contributed by atoms with Crippen LogP contribution in [0.3, 0.4) is 0 Å². The van der Waals surface area contributed by atoms with E-state index in [0.29, 0.717) is 0 Å². The molecular weight excluding hydrogens is 791 g/mol. The largest absolute Gasteiger partial charge is 1.00 e. The molecule has 4 heteroatoms. The van der Waals surface area contributed by atoms with Crippen molar-refractivity contribution in [2.24, 2.45) is 0 Å². The topological polar surface area (TPSA) is 0 Å². The van der Waals surface area contributed by atoms with Crippen molar-refractivity contribution in [2.45, 2.75) is 52.6 Å². The molecule has 0 saturated carbocycles. The average Bonchev–Trinajstić information content (AvgIpc) is 3.95. The minimum absolute atomic E-state index is 0. The maximum atomic E-state index is 2.38. The Hall–Kier alpha value is -3.78.